The number of aryl methyl sites for hydroxylation is 1. The molecule has 4 heteroatoms. The van der Waals surface area contributed by atoms with Crippen molar-refractivity contribution >= 4 is 23.7 Å². The number of amides is 1. The van der Waals surface area contributed by atoms with E-state index in [1.807, 2.05) is 6.07 Å². The van der Waals surface area contributed by atoms with Crippen molar-refractivity contribution in [3.05, 3.63) is 28.3 Å². The Hall–Kier alpha value is -1.53. The summed E-state index contributed by atoms with van der Waals surface area (Å²) >= 11 is 5.81. The van der Waals surface area contributed by atoms with Gasteiger partial charge < -0.3 is 5.32 Å². The van der Waals surface area contributed by atoms with E-state index in [0.717, 1.165) is 5.56 Å². The predicted octanol–water partition coefficient (Wildman–Crippen LogP) is 2.09. The number of carbonyl (C=O) groups excluding carboxylic acids is 1. The molecule has 3 nitrogen and oxygen atoms in total. The van der Waals surface area contributed by atoms with Crippen LogP contribution >= 0.6 is 11.6 Å². The molecule has 1 aromatic rings. The Morgan fingerprint density at radius 1 is 1.62 bits per heavy atom. The molecule has 0 bridgehead atoms. The molecule has 1 amide bonds. The van der Waals surface area contributed by atoms with E-state index in [9.17, 15) is 4.79 Å². The molecule has 0 spiro atoms. The van der Waals surface area contributed by atoms with E-state index in [2.05, 4.69) is 5.32 Å². The first-order valence-electron chi connectivity index (χ1n) is 3.59. The van der Waals surface area contributed by atoms with E-state index in [-0.39, 0.29) is 0 Å². The second-order valence-corrected chi connectivity index (χ2v) is 2.93. The number of anilines is 1. The number of hydrogen-bond acceptors (Lipinski definition) is 2. The third-order valence-corrected chi connectivity index (χ3v) is 2.04. The van der Waals surface area contributed by atoms with Gasteiger partial charge >= 0.3 is 0 Å². The van der Waals surface area contributed by atoms with Crippen molar-refractivity contribution in [1.29, 1.82) is 5.26 Å². The molecule has 0 fully saturated rings. The van der Waals surface area contributed by atoms with E-state index in [1.165, 1.54) is 0 Å². The van der Waals surface area contributed by atoms with Crippen LogP contribution in [-0.4, -0.2) is 6.41 Å². The number of nitrogens with one attached hydrogen (secondary N) is 1. The van der Waals surface area contributed by atoms with Gasteiger partial charge in [-0.15, -0.1) is 0 Å². The lowest BCUT2D eigenvalue weighted by molar-refractivity contribution is -0.105. The highest BCUT2D eigenvalue weighted by Crippen LogP contribution is 2.23. The van der Waals surface area contributed by atoms with Crippen LogP contribution in [0.15, 0.2) is 12.1 Å². The largest absolute Gasteiger partial charge is 0.327 e. The lowest BCUT2D eigenvalue weighted by atomic mass is 10.1. The fourth-order valence-electron chi connectivity index (χ4n) is 0.957. The standard InChI is InChI=1S/C9H7ClN2O/c1-6-2-7(4-11)9(12-5-13)3-8(6)10/h2-3,5H,1H3,(H,12,13). The number of hydrogen-bond donors (Lipinski definition) is 1. The van der Waals surface area contributed by atoms with Crippen molar-refractivity contribution in [1.82, 2.24) is 0 Å². The Labute approximate surface area is 80.9 Å². The number of rotatable bonds is 2. The summed E-state index contributed by atoms with van der Waals surface area (Å²) in [6, 6.07) is 5.16. The highest BCUT2D eigenvalue weighted by atomic mass is 35.5. The number of carbonyl (C=O) groups is 1. The van der Waals surface area contributed by atoms with Crippen LogP contribution in [0.2, 0.25) is 5.02 Å². The molecular weight excluding hydrogens is 188 g/mol. The van der Waals surface area contributed by atoms with E-state index >= 15 is 0 Å². The second-order valence-electron chi connectivity index (χ2n) is 2.52. The van der Waals surface area contributed by atoms with Gasteiger partial charge in [-0.25, -0.2) is 0 Å². The maximum atomic E-state index is 10.2. The van der Waals surface area contributed by atoms with Crippen molar-refractivity contribution in [2.45, 2.75) is 6.92 Å². The van der Waals surface area contributed by atoms with Crippen molar-refractivity contribution in [3.63, 3.8) is 0 Å². The SMILES string of the molecule is Cc1cc(C#N)c(NC=O)cc1Cl. The molecule has 0 aliphatic rings. The average Bonchev–Trinajstić information content (AvgIpc) is 2.11. The van der Waals surface area contributed by atoms with Crippen molar-refractivity contribution in [2.24, 2.45) is 0 Å². The quantitative estimate of drug-likeness (QED) is 0.733. The Morgan fingerprint density at radius 3 is 2.85 bits per heavy atom. The molecule has 0 saturated carbocycles. The Bertz CT molecular complexity index is 382. The minimum atomic E-state index is 0.411. The molecule has 0 aromatic heterocycles. The Morgan fingerprint density at radius 2 is 2.31 bits per heavy atom. The van der Waals surface area contributed by atoms with Gasteiger partial charge in [0.05, 0.1) is 11.3 Å². The van der Waals surface area contributed by atoms with Crippen LogP contribution in [-0.2, 0) is 4.79 Å². The van der Waals surface area contributed by atoms with Crippen LogP contribution in [0.3, 0.4) is 0 Å². The van der Waals surface area contributed by atoms with Gasteiger partial charge in [0.2, 0.25) is 6.41 Å². The zero-order chi connectivity index (χ0) is 9.84. The van der Waals surface area contributed by atoms with Crippen LogP contribution in [0.5, 0.6) is 0 Å². The zero-order valence-corrected chi connectivity index (χ0v) is 7.72. The fourth-order valence-corrected chi connectivity index (χ4v) is 1.12. The highest BCUT2D eigenvalue weighted by molar-refractivity contribution is 6.31. The minimum absolute atomic E-state index is 0.411. The van der Waals surface area contributed by atoms with Gasteiger partial charge in [-0.2, -0.15) is 5.26 Å². The maximum absolute atomic E-state index is 10.2. The van der Waals surface area contributed by atoms with Gasteiger partial charge in [0.15, 0.2) is 0 Å². The fraction of sp³-hybridized carbons (Fsp3) is 0.111. The van der Waals surface area contributed by atoms with Gasteiger partial charge in [0.25, 0.3) is 0 Å². The molecule has 0 saturated heterocycles. The Balaban J connectivity index is 3.26. The molecule has 0 unspecified atom stereocenters. The molecule has 1 rings (SSSR count). The molecule has 0 aliphatic carbocycles. The molecule has 66 valence electrons. The van der Waals surface area contributed by atoms with Crippen molar-refractivity contribution in [2.75, 3.05) is 5.32 Å². The Kier molecular flexibility index (Phi) is 2.88. The number of nitrogens with zero attached hydrogens (tertiary/aromatic N) is 1. The molecule has 1 N–H and O–H groups in total. The van der Waals surface area contributed by atoms with Gasteiger partial charge in [-0.05, 0) is 24.6 Å². The number of benzene rings is 1. The third kappa shape index (κ3) is 1.98. The minimum Gasteiger partial charge on any atom is -0.327 e. The first-order chi connectivity index (χ1) is 6.19. The summed E-state index contributed by atoms with van der Waals surface area (Å²) in [5, 5.41) is 11.6. The summed E-state index contributed by atoms with van der Waals surface area (Å²) in [5.41, 5.74) is 1.66. The summed E-state index contributed by atoms with van der Waals surface area (Å²) < 4.78 is 0. The smallest absolute Gasteiger partial charge is 0.211 e. The summed E-state index contributed by atoms with van der Waals surface area (Å²) in [4.78, 5) is 10.2. The maximum Gasteiger partial charge on any atom is 0.211 e. The highest BCUT2D eigenvalue weighted by Gasteiger charge is 2.04. The van der Waals surface area contributed by atoms with Crippen LogP contribution in [0.4, 0.5) is 5.69 Å². The van der Waals surface area contributed by atoms with Crippen molar-refractivity contribution < 1.29 is 4.79 Å². The molecule has 0 atom stereocenters. The average molecular weight is 195 g/mol. The number of halogens is 1. The van der Waals surface area contributed by atoms with E-state index < -0.39 is 0 Å². The van der Waals surface area contributed by atoms with Crippen LogP contribution in [0.25, 0.3) is 0 Å². The lowest BCUT2D eigenvalue weighted by Crippen LogP contribution is -1.97. The first kappa shape index (κ1) is 9.56. The van der Waals surface area contributed by atoms with E-state index in [0.29, 0.717) is 22.7 Å². The van der Waals surface area contributed by atoms with E-state index in [1.54, 1.807) is 19.1 Å². The summed E-state index contributed by atoms with van der Waals surface area (Å²) in [6.45, 7) is 1.80. The van der Waals surface area contributed by atoms with Gasteiger partial charge in [0, 0.05) is 5.02 Å². The molecular formula is C9H7ClN2O. The topological polar surface area (TPSA) is 52.9 Å². The van der Waals surface area contributed by atoms with Crippen LogP contribution in [0.1, 0.15) is 11.1 Å². The molecule has 0 aliphatic heterocycles. The normalized spacial score (nSPS) is 9.00. The molecule has 1 aromatic carbocycles. The molecule has 13 heavy (non-hydrogen) atoms. The van der Waals surface area contributed by atoms with Gasteiger partial charge in [-0.3, -0.25) is 4.79 Å². The van der Waals surface area contributed by atoms with Crippen LogP contribution in [0, 0.1) is 18.3 Å². The lowest BCUT2D eigenvalue weighted by Gasteiger charge is -2.04. The number of nitriles is 1. The molecule has 0 radical (unpaired) electrons. The predicted molar refractivity (Wildman–Crippen MR) is 50.6 cm³/mol. The van der Waals surface area contributed by atoms with E-state index in [4.69, 9.17) is 16.9 Å². The van der Waals surface area contributed by atoms with Crippen molar-refractivity contribution in [3.8, 4) is 6.07 Å². The zero-order valence-electron chi connectivity index (χ0n) is 6.97. The second kappa shape index (κ2) is 3.92. The van der Waals surface area contributed by atoms with Gasteiger partial charge in [-0.1, -0.05) is 11.6 Å². The monoisotopic (exact) mass is 194 g/mol. The third-order valence-electron chi connectivity index (χ3n) is 1.63. The molecule has 0 heterocycles. The van der Waals surface area contributed by atoms with Crippen LogP contribution < -0.4 is 5.32 Å². The summed E-state index contributed by atoms with van der Waals surface area (Å²) in [6.07, 6.45) is 0.516. The first-order valence-corrected chi connectivity index (χ1v) is 3.97. The van der Waals surface area contributed by atoms with Gasteiger partial charge in [0.1, 0.15) is 6.07 Å². The summed E-state index contributed by atoms with van der Waals surface area (Å²) in [5.74, 6) is 0. The summed E-state index contributed by atoms with van der Waals surface area (Å²) in [7, 11) is 0.